The van der Waals surface area contributed by atoms with E-state index < -0.39 is 0 Å². The molecule has 0 radical (unpaired) electrons. The van der Waals surface area contributed by atoms with Gasteiger partial charge in [0.1, 0.15) is 12.0 Å². The van der Waals surface area contributed by atoms with Crippen LogP contribution in [-0.2, 0) is 0 Å². The molecular formula is C18H15N5O. The Labute approximate surface area is 138 Å². The van der Waals surface area contributed by atoms with Crippen LogP contribution < -0.4 is 5.73 Å². The zero-order chi connectivity index (χ0) is 16.7. The van der Waals surface area contributed by atoms with Gasteiger partial charge in [-0.05, 0) is 43.2 Å². The lowest BCUT2D eigenvalue weighted by Crippen LogP contribution is -1.98. The first-order chi connectivity index (χ1) is 11.6. The molecule has 2 N–H and O–H groups in total. The van der Waals surface area contributed by atoms with Gasteiger partial charge in [0.2, 0.25) is 5.95 Å². The molecule has 0 saturated heterocycles. The third kappa shape index (κ3) is 2.38. The summed E-state index contributed by atoms with van der Waals surface area (Å²) in [4.78, 5) is 17.1. The van der Waals surface area contributed by atoms with Crippen LogP contribution in [0.5, 0.6) is 0 Å². The van der Waals surface area contributed by atoms with E-state index in [9.17, 15) is 0 Å². The Kier molecular flexibility index (Phi) is 3.23. The molecule has 4 aromatic rings. The van der Waals surface area contributed by atoms with E-state index in [1.807, 2.05) is 38.1 Å². The number of aromatic nitrogens is 4. The number of benzene rings is 1. The van der Waals surface area contributed by atoms with Crippen LogP contribution in [0.25, 0.3) is 33.5 Å². The molecule has 0 unspecified atom stereocenters. The van der Waals surface area contributed by atoms with Crippen LogP contribution in [0.15, 0.2) is 47.5 Å². The van der Waals surface area contributed by atoms with Crippen LogP contribution in [-0.4, -0.2) is 19.9 Å². The molecule has 0 fully saturated rings. The van der Waals surface area contributed by atoms with Crippen molar-refractivity contribution < 1.29 is 4.42 Å². The summed E-state index contributed by atoms with van der Waals surface area (Å²) in [6.45, 7) is 3.93. The summed E-state index contributed by atoms with van der Waals surface area (Å²) in [5, 5.41) is 0.994. The average molecular weight is 317 g/mol. The van der Waals surface area contributed by atoms with Crippen molar-refractivity contribution in [2.45, 2.75) is 13.8 Å². The first-order valence-corrected chi connectivity index (χ1v) is 7.51. The molecule has 6 nitrogen and oxygen atoms in total. The number of nitrogens with zero attached hydrogens (tertiary/aromatic N) is 4. The lowest BCUT2D eigenvalue weighted by atomic mass is 10.0. The van der Waals surface area contributed by atoms with Gasteiger partial charge in [0, 0.05) is 22.8 Å². The molecule has 6 heteroatoms. The Morgan fingerprint density at radius 1 is 1.04 bits per heavy atom. The number of furan rings is 1. The van der Waals surface area contributed by atoms with Crippen LogP contribution in [0.3, 0.4) is 0 Å². The van der Waals surface area contributed by atoms with Crippen molar-refractivity contribution in [1.82, 2.24) is 19.9 Å². The number of nitrogens with two attached hydrogens (primary N) is 1. The number of hydrogen-bond acceptors (Lipinski definition) is 6. The summed E-state index contributed by atoms with van der Waals surface area (Å²) in [6, 6.07) is 7.93. The normalized spacial score (nSPS) is 11.1. The maximum Gasteiger partial charge on any atom is 0.220 e. The number of hydrogen-bond donors (Lipinski definition) is 1. The molecule has 0 bridgehead atoms. The van der Waals surface area contributed by atoms with E-state index in [1.165, 1.54) is 0 Å². The van der Waals surface area contributed by atoms with Crippen molar-refractivity contribution in [3.8, 4) is 22.6 Å². The van der Waals surface area contributed by atoms with Crippen LogP contribution in [0.4, 0.5) is 5.95 Å². The van der Waals surface area contributed by atoms with Crippen molar-refractivity contribution >= 4 is 16.9 Å². The van der Waals surface area contributed by atoms with Gasteiger partial charge in [-0.15, -0.1) is 0 Å². The topological polar surface area (TPSA) is 90.7 Å². The second-order valence-corrected chi connectivity index (χ2v) is 5.67. The first kappa shape index (κ1) is 14.3. The standard InChI is InChI=1S/C18H15N5O/c1-10-5-16(24-8-10)17-14(7-20-18(19)23-17)12-3-4-15-13(6-12)11(2)21-9-22-15/h3-9H,1-2H3,(H2,19,20,23). The Hall–Kier alpha value is -3.28. The minimum Gasteiger partial charge on any atom is -0.462 e. The Morgan fingerprint density at radius 3 is 2.71 bits per heavy atom. The largest absolute Gasteiger partial charge is 0.462 e. The van der Waals surface area contributed by atoms with Gasteiger partial charge in [0.05, 0.1) is 11.8 Å². The molecule has 0 aliphatic rings. The van der Waals surface area contributed by atoms with Gasteiger partial charge in [0.15, 0.2) is 5.76 Å². The van der Waals surface area contributed by atoms with Crippen LogP contribution in [0.1, 0.15) is 11.3 Å². The van der Waals surface area contributed by atoms with Crippen molar-refractivity contribution in [2.75, 3.05) is 5.73 Å². The number of nitrogen functional groups attached to an aromatic ring is 1. The Morgan fingerprint density at radius 2 is 1.92 bits per heavy atom. The zero-order valence-electron chi connectivity index (χ0n) is 13.3. The fourth-order valence-corrected chi connectivity index (χ4v) is 2.70. The molecule has 118 valence electrons. The lowest BCUT2D eigenvalue weighted by Gasteiger charge is -2.09. The first-order valence-electron chi connectivity index (χ1n) is 7.51. The SMILES string of the molecule is Cc1coc(-c2nc(N)ncc2-c2ccc3ncnc(C)c3c2)c1. The molecule has 3 aromatic heterocycles. The molecule has 3 heterocycles. The number of rotatable bonds is 2. The smallest absolute Gasteiger partial charge is 0.220 e. The summed E-state index contributed by atoms with van der Waals surface area (Å²) >= 11 is 0. The predicted molar refractivity (Wildman–Crippen MR) is 92.2 cm³/mol. The second-order valence-electron chi connectivity index (χ2n) is 5.67. The summed E-state index contributed by atoms with van der Waals surface area (Å²) in [5.74, 6) is 0.876. The molecule has 24 heavy (non-hydrogen) atoms. The van der Waals surface area contributed by atoms with E-state index in [1.54, 1.807) is 18.8 Å². The van der Waals surface area contributed by atoms with Gasteiger partial charge in [-0.3, -0.25) is 0 Å². The molecule has 0 amide bonds. The molecular weight excluding hydrogens is 302 g/mol. The third-order valence-corrected chi connectivity index (χ3v) is 3.92. The highest BCUT2D eigenvalue weighted by atomic mass is 16.3. The molecule has 4 rings (SSSR count). The minimum atomic E-state index is 0.211. The van der Waals surface area contributed by atoms with Gasteiger partial charge in [-0.1, -0.05) is 6.07 Å². The predicted octanol–water partition coefficient (Wildman–Crippen LogP) is 3.55. The fraction of sp³-hybridized carbons (Fsp3) is 0.111. The van der Waals surface area contributed by atoms with E-state index in [0.717, 1.165) is 33.3 Å². The van der Waals surface area contributed by atoms with Gasteiger partial charge < -0.3 is 10.2 Å². The highest BCUT2D eigenvalue weighted by Gasteiger charge is 2.15. The zero-order valence-corrected chi connectivity index (χ0v) is 13.3. The molecule has 1 aromatic carbocycles. The summed E-state index contributed by atoms with van der Waals surface area (Å²) in [6.07, 6.45) is 4.98. The Bertz CT molecular complexity index is 1050. The van der Waals surface area contributed by atoms with E-state index in [-0.39, 0.29) is 5.95 Å². The van der Waals surface area contributed by atoms with Gasteiger partial charge in [-0.25, -0.2) is 19.9 Å². The molecule has 0 saturated carbocycles. The van der Waals surface area contributed by atoms with E-state index in [2.05, 4.69) is 19.9 Å². The van der Waals surface area contributed by atoms with Crippen LogP contribution in [0, 0.1) is 13.8 Å². The molecule has 0 aliphatic heterocycles. The number of aryl methyl sites for hydroxylation is 2. The van der Waals surface area contributed by atoms with Gasteiger partial charge in [0.25, 0.3) is 0 Å². The Balaban J connectivity index is 1.95. The molecule has 0 spiro atoms. The maximum atomic E-state index is 5.78. The second kappa shape index (κ2) is 5.42. The van der Waals surface area contributed by atoms with Crippen molar-refractivity contribution in [2.24, 2.45) is 0 Å². The summed E-state index contributed by atoms with van der Waals surface area (Å²) < 4.78 is 5.61. The lowest BCUT2D eigenvalue weighted by molar-refractivity contribution is 0.578. The van der Waals surface area contributed by atoms with E-state index in [4.69, 9.17) is 10.2 Å². The fourth-order valence-electron chi connectivity index (χ4n) is 2.70. The van der Waals surface area contributed by atoms with Crippen LogP contribution >= 0.6 is 0 Å². The summed E-state index contributed by atoms with van der Waals surface area (Å²) in [5.41, 5.74) is 11.1. The van der Waals surface area contributed by atoms with Gasteiger partial charge >= 0.3 is 0 Å². The average Bonchev–Trinajstić information content (AvgIpc) is 3.01. The summed E-state index contributed by atoms with van der Waals surface area (Å²) in [7, 11) is 0. The van der Waals surface area contributed by atoms with Crippen LogP contribution in [0.2, 0.25) is 0 Å². The molecule has 0 atom stereocenters. The number of fused-ring (bicyclic) bond motifs is 1. The quantitative estimate of drug-likeness (QED) is 0.608. The highest BCUT2D eigenvalue weighted by molar-refractivity contribution is 5.88. The van der Waals surface area contributed by atoms with E-state index in [0.29, 0.717) is 11.5 Å². The monoisotopic (exact) mass is 317 g/mol. The molecule has 0 aliphatic carbocycles. The van der Waals surface area contributed by atoms with E-state index >= 15 is 0 Å². The maximum absolute atomic E-state index is 5.78. The van der Waals surface area contributed by atoms with Crippen molar-refractivity contribution in [1.29, 1.82) is 0 Å². The number of anilines is 1. The van der Waals surface area contributed by atoms with Crippen molar-refractivity contribution in [3.05, 3.63) is 54.3 Å². The van der Waals surface area contributed by atoms with Gasteiger partial charge in [-0.2, -0.15) is 0 Å². The van der Waals surface area contributed by atoms with Crippen molar-refractivity contribution in [3.63, 3.8) is 0 Å². The third-order valence-electron chi connectivity index (χ3n) is 3.92. The highest BCUT2D eigenvalue weighted by Crippen LogP contribution is 2.33. The minimum absolute atomic E-state index is 0.211.